The van der Waals surface area contributed by atoms with Crippen molar-refractivity contribution in [1.29, 1.82) is 10.5 Å². The third kappa shape index (κ3) is 27.9. The first-order valence-electron chi connectivity index (χ1n) is 26.3. The highest BCUT2D eigenvalue weighted by Gasteiger charge is 2.33. The molecule has 4 aromatic carbocycles. The molecular formula is C59H47BrClF12N15O6. The predicted molar refractivity (Wildman–Crippen MR) is 315 cm³/mol. The lowest BCUT2D eigenvalue weighted by molar-refractivity contribution is -0.275. The van der Waals surface area contributed by atoms with E-state index in [9.17, 15) is 52.7 Å². The van der Waals surface area contributed by atoms with E-state index in [1.54, 1.807) is 85.5 Å². The molecule has 6 aromatic heterocycles. The number of aromatic amines is 1. The first-order chi connectivity index (χ1) is 44.7. The molecule has 5 N–H and O–H groups in total. The van der Waals surface area contributed by atoms with Crippen molar-refractivity contribution in [2.45, 2.75) is 51.3 Å². The van der Waals surface area contributed by atoms with Crippen LogP contribution in [-0.2, 0) is 25.8 Å². The summed E-state index contributed by atoms with van der Waals surface area (Å²) in [7, 11) is 0. The number of anilines is 1. The molecule has 94 heavy (non-hydrogen) atoms. The van der Waals surface area contributed by atoms with E-state index in [0.29, 0.717) is 81.3 Å². The number of rotatable bonds is 15. The van der Waals surface area contributed by atoms with E-state index in [4.69, 9.17) is 38.1 Å². The third-order valence-electron chi connectivity index (χ3n) is 11.0. The largest absolute Gasteiger partial charge is 0.573 e. The maximum atomic E-state index is 12.2. The number of nitrogen functional groups attached to an aromatic ring is 1. The Morgan fingerprint density at radius 1 is 0.500 bits per heavy atom. The van der Waals surface area contributed by atoms with Crippen LogP contribution in [0.3, 0.4) is 0 Å². The molecule has 0 aliphatic rings. The number of aromatic nitrogens is 12. The number of nitriles is 2. The van der Waals surface area contributed by atoms with Crippen LogP contribution in [0.5, 0.6) is 23.0 Å². The molecular weight excluding hydrogens is 1360 g/mol. The molecule has 0 aliphatic carbocycles. The van der Waals surface area contributed by atoms with Gasteiger partial charge in [-0.25, -0.2) is 4.98 Å². The number of benzene rings is 4. The summed E-state index contributed by atoms with van der Waals surface area (Å²) in [5, 5.41) is 60.6. The van der Waals surface area contributed by atoms with E-state index >= 15 is 0 Å². The van der Waals surface area contributed by atoms with Gasteiger partial charge < -0.3 is 34.9 Å². The van der Waals surface area contributed by atoms with Crippen LogP contribution in [-0.4, -0.2) is 115 Å². The SMILES string of the molecule is FC(F)(F)Oc1ccc(Cc2ncccc2-c2nn[nH]n2)cc1.N#Cc1cccnc1Cc1ccc(OC(F)(F)F)cc1.N#Cc1cccnc1Cl.Nc1ccc(OC(F)(F)F)cc1.OCCBr.OCCn1nnc(-c2cccnc2Cc2ccc(OC(F)(F)F)cc2)n1. The van der Waals surface area contributed by atoms with Gasteiger partial charge in [0, 0.05) is 66.2 Å². The fraction of sp³-hybridized carbons (Fsp3) is 0.186. The van der Waals surface area contributed by atoms with E-state index in [0.717, 1.165) is 28.8 Å². The van der Waals surface area contributed by atoms with E-state index in [1.807, 2.05) is 12.1 Å². The Morgan fingerprint density at radius 2 is 0.872 bits per heavy atom. The van der Waals surface area contributed by atoms with Gasteiger partial charge in [0.15, 0.2) is 0 Å². The quantitative estimate of drug-likeness (QED) is 0.0321. The molecule has 0 bridgehead atoms. The molecule has 35 heteroatoms. The number of hydrogen-bond donors (Lipinski definition) is 4. The van der Waals surface area contributed by atoms with E-state index in [1.165, 1.54) is 77.6 Å². The molecule has 492 valence electrons. The van der Waals surface area contributed by atoms with Gasteiger partial charge in [-0.15, -0.1) is 73.1 Å². The van der Waals surface area contributed by atoms with Crippen LogP contribution in [0.1, 0.15) is 44.9 Å². The number of nitrogens with one attached hydrogen (secondary N) is 1. The Kier molecular flexibility index (Phi) is 28.8. The van der Waals surface area contributed by atoms with Crippen LogP contribution in [0.25, 0.3) is 22.8 Å². The lowest BCUT2D eigenvalue weighted by Crippen LogP contribution is -2.17. The molecule has 0 saturated heterocycles. The average Bonchev–Trinajstić information content (AvgIpc) is 1.53. The van der Waals surface area contributed by atoms with Crippen molar-refractivity contribution >= 4 is 33.2 Å². The predicted octanol–water partition coefficient (Wildman–Crippen LogP) is 12.6. The molecule has 0 spiro atoms. The first kappa shape index (κ1) is 74.2. The number of alkyl halides is 13. The summed E-state index contributed by atoms with van der Waals surface area (Å²) < 4.78 is 159. The molecule has 21 nitrogen and oxygen atoms in total. The minimum Gasteiger partial charge on any atom is -0.406 e. The number of nitrogens with two attached hydrogens (primary N) is 1. The first-order valence-corrected chi connectivity index (χ1v) is 27.8. The van der Waals surface area contributed by atoms with Gasteiger partial charge in [0.05, 0.1) is 48.0 Å². The summed E-state index contributed by atoms with van der Waals surface area (Å²) in [5.41, 5.74) is 12.1. The minimum atomic E-state index is -4.72. The van der Waals surface area contributed by atoms with Crippen LogP contribution >= 0.6 is 27.5 Å². The number of aliphatic hydroxyl groups excluding tert-OH is 2. The number of pyridine rings is 4. The van der Waals surface area contributed by atoms with Crippen molar-refractivity contribution in [3.05, 3.63) is 220 Å². The zero-order valence-corrected chi connectivity index (χ0v) is 50.2. The number of halogens is 14. The van der Waals surface area contributed by atoms with Crippen molar-refractivity contribution in [2.75, 3.05) is 24.3 Å². The summed E-state index contributed by atoms with van der Waals surface area (Å²) in [4.78, 5) is 17.6. The molecule has 0 unspecified atom stereocenters. The smallest absolute Gasteiger partial charge is 0.406 e. The number of tetrazole rings is 2. The fourth-order valence-electron chi connectivity index (χ4n) is 7.20. The van der Waals surface area contributed by atoms with Crippen LogP contribution in [0.15, 0.2) is 170 Å². The Labute approximate surface area is 538 Å². The van der Waals surface area contributed by atoms with E-state index in [-0.39, 0.29) is 47.9 Å². The van der Waals surface area contributed by atoms with Crippen molar-refractivity contribution in [3.63, 3.8) is 0 Å². The minimum absolute atomic E-state index is 0.109. The molecule has 10 rings (SSSR count). The zero-order valence-electron chi connectivity index (χ0n) is 47.8. The van der Waals surface area contributed by atoms with Gasteiger partial charge >= 0.3 is 25.4 Å². The monoisotopic (exact) mass is 1400 g/mol. The second-order valence-corrected chi connectivity index (χ2v) is 19.0. The number of H-pyrrole nitrogens is 1. The summed E-state index contributed by atoms with van der Waals surface area (Å²) in [6.07, 6.45) is -11.3. The van der Waals surface area contributed by atoms with Crippen LogP contribution in [0.4, 0.5) is 58.4 Å². The summed E-state index contributed by atoms with van der Waals surface area (Å²) in [6, 6.07) is 39.2. The van der Waals surface area contributed by atoms with Gasteiger partial charge in [0.25, 0.3) is 0 Å². The molecule has 0 aliphatic heterocycles. The number of nitrogens with zero attached hydrogens (tertiary/aromatic N) is 13. The standard InChI is InChI=1S/C16H14F3N5O2.C14H10F3N5O.C14H9F3N2O.C7H6F3NO.C6H3ClN2.C2H5BrO/c17-16(18,19)26-12-5-3-11(4-6-12)10-14-13(2-1-7-20-14)15-21-23-24(22-15)8-9-25;15-14(16,17)23-10-5-3-9(4-6-10)8-12-11(2-1-7-18-12)13-19-21-22-20-13;15-14(16,17)20-12-5-3-10(4-6-12)8-13-11(9-18)2-1-7-19-13;8-7(9,10)12-6-3-1-5(11)2-4-6;7-6-5(4-8)2-1-3-9-6;3-1-2-4/h1-7,25H,8-10H2;1-7H,8H2,(H,19,20,21,22);1-7H,8H2;1-4H,11H2;1-3H;4H,1-2H2. The summed E-state index contributed by atoms with van der Waals surface area (Å²) in [5.74, 6) is -0.319. The number of aliphatic hydroxyl groups is 2. The van der Waals surface area contributed by atoms with Crippen LogP contribution < -0.4 is 24.7 Å². The second-order valence-electron chi connectivity index (χ2n) is 17.9. The molecule has 0 fully saturated rings. The van der Waals surface area contributed by atoms with Crippen molar-refractivity contribution in [3.8, 4) is 57.9 Å². The van der Waals surface area contributed by atoms with E-state index in [2.05, 4.69) is 90.8 Å². The van der Waals surface area contributed by atoms with Crippen LogP contribution in [0.2, 0.25) is 5.15 Å². The van der Waals surface area contributed by atoms with Crippen molar-refractivity contribution in [2.24, 2.45) is 0 Å². The zero-order chi connectivity index (χ0) is 68.7. The lowest BCUT2D eigenvalue weighted by Gasteiger charge is -2.10. The van der Waals surface area contributed by atoms with Gasteiger partial charge in [0.1, 0.15) is 40.3 Å². The highest BCUT2D eigenvalue weighted by atomic mass is 79.9. The Bertz CT molecular complexity index is 3960. The van der Waals surface area contributed by atoms with Crippen molar-refractivity contribution in [1.82, 2.24) is 60.8 Å². The van der Waals surface area contributed by atoms with Gasteiger partial charge in [0.2, 0.25) is 11.6 Å². The Balaban J connectivity index is 0.000000218. The molecule has 6 heterocycles. The highest BCUT2D eigenvalue weighted by molar-refractivity contribution is 9.09. The average molecular weight is 1410 g/mol. The van der Waals surface area contributed by atoms with Crippen LogP contribution in [0, 0.1) is 22.7 Å². The van der Waals surface area contributed by atoms with Crippen molar-refractivity contribution < 1.29 is 81.8 Å². The highest BCUT2D eigenvalue weighted by Crippen LogP contribution is 2.29. The van der Waals surface area contributed by atoms with Gasteiger partial charge in [-0.2, -0.15) is 20.5 Å². The fourth-order valence-corrected chi connectivity index (χ4v) is 7.36. The molecule has 0 amide bonds. The maximum Gasteiger partial charge on any atom is 0.573 e. The summed E-state index contributed by atoms with van der Waals surface area (Å²) in [6.45, 7) is 0.352. The molecule has 10 aromatic rings. The normalized spacial score (nSPS) is 10.9. The molecule has 0 radical (unpaired) electrons. The Morgan fingerprint density at radius 3 is 1.23 bits per heavy atom. The number of hydrogen-bond acceptors (Lipinski definition) is 19. The molecule has 0 atom stereocenters. The Hall–Kier alpha value is -10.6. The topological polar surface area (TPSA) is 301 Å². The second kappa shape index (κ2) is 36.5. The van der Waals surface area contributed by atoms with Gasteiger partial charge in [-0.1, -0.05) is 63.9 Å². The number of ether oxygens (including phenoxy) is 4. The van der Waals surface area contributed by atoms with Gasteiger partial charge in [-0.05, 0) is 136 Å². The molecule has 0 saturated carbocycles. The van der Waals surface area contributed by atoms with Gasteiger partial charge in [-0.3, -0.25) is 15.0 Å². The summed E-state index contributed by atoms with van der Waals surface area (Å²) >= 11 is 8.49. The van der Waals surface area contributed by atoms with E-state index < -0.39 is 25.4 Å². The lowest BCUT2D eigenvalue weighted by atomic mass is 10.0. The maximum absolute atomic E-state index is 12.2. The third-order valence-corrected chi connectivity index (χ3v) is 11.7.